The Morgan fingerprint density at radius 3 is 2.55 bits per heavy atom. The van der Waals surface area contributed by atoms with Gasteiger partial charge in [-0.1, -0.05) is 15.9 Å². The number of fused-ring (bicyclic) bond motifs is 1. The fourth-order valence-electron chi connectivity index (χ4n) is 1.89. The zero-order chi connectivity index (χ0) is 14.6. The Bertz CT molecular complexity index is 466. The zero-order valence-electron chi connectivity index (χ0n) is 10.7. The fourth-order valence-corrected chi connectivity index (χ4v) is 2.36. The van der Waals surface area contributed by atoms with Crippen LogP contribution in [0, 0.1) is 0 Å². The maximum Gasteiger partial charge on any atom is 0.389 e. The predicted molar refractivity (Wildman–Crippen MR) is 71.9 cm³/mol. The minimum absolute atomic E-state index is 0.152. The topological polar surface area (TPSA) is 30.5 Å². The number of nitrogens with one attached hydrogen (secondary N) is 1. The molecular formula is C13H15BrF3NO2. The van der Waals surface area contributed by atoms with E-state index in [4.69, 9.17) is 9.47 Å². The Kier molecular flexibility index (Phi) is 5.15. The summed E-state index contributed by atoms with van der Waals surface area (Å²) >= 11 is 3.43. The van der Waals surface area contributed by atoms with Crippen molar-refractivity contribution in [1.29, 1.82) is 0 Å². The first kappa shape index (κ1) is 15.4. The number of unbranched alkanes of at least 4 members (excludes halogenated alkanes) is 1. The highest BCUT2D eigenvalue weighted by atomic mass is 79.9. The molecule has 0 saturated heterocycles. The van der Waals surface area contributed by atoms with E-state index in [0.717, 1.165) is 10.0 Å². The summed E-state index contributed by atoms with van der Waals surface area (Å²) in [6.45, 7) is 1.34. The van der Waals surface area contributed by atoms with Gasteiger partial charge in [-0.3, -0.25) is 0 Å². The lowest BCUT2D eigenvalue weighted by atomic mass is 10.2. The third kappa shape index (κ3) is 4.56. The van der Waals surface area contributed by atoms with Gasteiger partial charge in [0.25, 0.3) is 0 Å². The van der Waals surface area contributed by atoms with Gasteiger partial charge >= 0.3 is 6.18 Å². The van der Waals surface area contributed by atoms with Crippen LogP contribution in [-0.2, 0) is 6.54 Å². The maximum atomic E-state index is 12.0. The number of halogens is 4. The molecule has 0 unspecified atom stereocenters. The first-order valence-electron chi connectivity index (χ1n) is 6.31. The first-order valence-corrected chi connectivity index (χ1v) is 7.10. The van der Waals surface area contributed by atoms with E-state index < -0.39 is 12.6 Å². The van der Waals surface area contributed by atoms with Gasteiger partial charge < -0.3 is 14.8 Å². The molecular weight excluding hydrogens is 339 g/mol. The second kappa shape index (κ2) is 6.67. The van der Waals surface area contributed by atoms with Crippen molar-refractivity contribution in [3.8, 4) is 11.5 Å². The van der Waals surface area contributed by atoms with E-state index in [1.54, 1.807) is 0 Å². The largest absolute Gasteiger partial charge is 0.454 e. The molecule has 0 amide bonds. The van der Waals surface area contributed by atoms with Crippen molar-refractivity contribution in [1.82, 2.24) is 5.32 Å². The van der Waals surface area contributed by atoms with Gasteiger partial charge in [0.1, 0.15) is 0 Å². The molecule has 0 aliphatic carbocycles. The van der Waals surface area contributed by atoms with Crippen molar-refractivity contribution in [2.45, 2.75) is 32.0 Å². The summed E-state index contributed by atoms with van der Waals surface area (Å²) in [5.41, 5.74) is 0.991. The molecule has 1 aromatic carbocycles. The van der Waals surface area contributed by atoms with E-state index in [1.165, 1.54) is 0 Å². The molecule has 112 valence electrons. The van der Waals surface area contributed by atoms with E-state index >= 15 is 0 Å². The van der Waals surface area contributed by atoms with Gasteiger partial charge in [-0.15, -0.1) is 0 Å². The molecule has 1 aliphatic heterocycles. The molecule has 0 fully saturated rings. The summed E-state index contributed by atoms with van der Waals surface area (Å²) in [5, 5.41) is 3.13. The minimum Gasteiger partial charge on any atom is -0.454 e. The normalized spacial score (nSPS) is 13.8. The van der Waals surface area contributed by atoms with Gasteiger partial charge in [-0.05, 0) is 37.1 Å². The van der Waals surface area contributed by atoms with Crippen molar-refractivity contribution in [3.05, 3.63) is 22.2 Å². The lowest BCUT2D eigenvalue weighted by Crippen LogP contribution is -2.16. The molecule has 0 aromatic heterocycles. The Hall–Kier alpha value is -0.950. The molecule has 1 N–H and O–H groups in total. The van der Waals surface area contributed by atoms with Crippen LogP contribution in [0.2, 0.25) is 0 Å². The Balaban J connectivity index is 1.72. The molecule has 0 atom stereocenters. The second-order valence-corrected chi connectivity index (χ2v) is 5.40. The smallest absolute Gasteiger partial charge is 0.389 e. The highest BCUT2D eigenvalue weighted by Crippen LogP contribution is 2.36. The van der Waals surface area contributed by atoms with Crippen molar-refractivity contribution >= 4 is 15.9 Å². The summed E-state index contributed by atoms with van der Waals surface area (Å²) in [6.07, 6.45) is -4.12. The summed E-state index contributed by atoms with van der Waals surface area (Å²) in [4.78, 5) is 0. The van der Waals surface area contributed by atoms with Crippen molar-refractivity contribution in [2.24, 2.45) is 0 Å². The van der Waals surface area contributed by atoms with Crippen LogP contribution in [0.1, 0.15) is 24.8 Å². The molecule has 2 rings (SSSR count). The highest BCUT2D eigenvalue weighted by molar-refractivity contribution is 9.10. The van der Waals surface area contributed by atoms with Crippen LogP contribution in [0.15, 0.2) is 16.6 Å². The summed E-state index contributed by atoms with van der Waals surface area (Å²) in [7, 11) is 0. The summed E-state index contributed by atoms with van der Waals surface area (Å²) in [6, 6.07) is 3.71. The molecule has 3 nitrogen and oxygen atoms in total. The second-order valence-electron chi connectivity index (χ2n) is 4.55. The molecule has 1 aliphatic rings. The Morgan fingerprint density at radius 2 is 1.85 bits per heavy atom. The number of benzene rings is 1. The maximum absolute atomic E-state index is 12.0. The van der Waals surface area contributed by atoms with Gasteiger partial charge in [0.15, 0.2) is 11.5 Å². The van der Waals surface area contributed by atoms with Crippen LogP contribution in [0.5, 0.6) is 11.5 Å². The quantitative estimate of drug-likeness (QED) is 0.784. The lowest BCUT2D eigenvalue weighted by molar-refractivity contribution is -0.135. The summed E-state index contributed by atoms with van der Waals surface area (Å²) in [5.74, 6) is 1.40. The Labute approximate surface area is 123 Å². The monoisotopic (exact) mass is 353 g/mol. The van der Waals surface area contributed by atoms with Gasteiger partial charge in [0.2, 0.25) is 6.79 Å². The Morgan fingerprint density at radius 1 is 1.15 bits per heavy atom. The van der Waals surface area contributed by atoms with Crippen molar-refractivity contribution in [3.63, 3.8) is 0 Å². The van der Waals surface area contributed by atoms with Crippen LogP contribution in [-0.4, -0.2) is 19.5 Å². The van der Waals surface area contributed by atoms with Crippen LogP contribution in [0.3, 0.4) is 0 Å². The van der Waals surface area contributed by atoms with Crippen LogP contribution < -0.4 is 14.8 Å². The molecule has 1 heterocycles. The minimum atomic E-state index is -4.06. The fraction of sp³-hybridized carbons (Fsp3) is 0.538. The van der Waals surface area contributed by atoms with Gasteiger partial charge in [0.05, 0.1) is 0 Å². The number of ether oxygens (including phenoxy) is 2. The number of alkyl halides is 3. The van der Waals surface area contributed by atoms with Gasteiger partial charge in [-0.2, -0.15) is 13.2 Å². The third-order valence-corrected chi connectivity index (χ3v) is 3.66. The number of hydrogen-bond acceptors (Lipinski definition) is 3. The summed E-state index contributed by atoms with van der Waals surface area (Å²) < 4.78 is 47.3. The highest BCUT2D eigenvalue weighted by Gasteiger charge is 2.25. The van der Waals surface area contributed by atoms with E-state index in [1.807, 2.05) is 12.1 Å². The number of rotatable bonds is 6. The van der Waals surface area contributed by atoms with E-state index in [2.05, 4.69) is 21.2 Å². The van der Waals surface area contributed by atoms with E-state index in [-0.39, 0.29) is 13.2 Å². The van der Waals surface area contributed by atoms with Gasteiger partial charge in [0, 0.05) is 17.4 Å². The van der Waals surface area contributed by atoms with Crippen LogP contribution in [0.4, 0.5) is 13.2 Å². The average molecular weight is 354 g/mol. The van der Waals surface area contributed by atoms with Crippen LogP contribution in [0.25, 0.3) is 0 Å². The SMILES string of the molecule is FC(F)(F)CCCCNCc1cc2c(cc1Br)OCO2. The third-order valence-electron chi connectivity index (χ3n) is 2.92. The zero-order valence-corrected chi connectivity index (χ0v) is 12.3. The number of hydrogen-bond donors (Lipinski definition) is 1. The van der Waals surface area contributed by atoms with Crippen molar-refractivity contribution < 1.29 is 22.6 Å². The molecule has 0 bridgehead atoms. The molecule has 0 spiro atoms. The predicted octanol–water partition coefficient (Wildman–Crippen LogP) is 4.00. The molecule has 7 heteroatoms. The molecule has 0 radical (unpaired) electrons. The standard InChI is InChI=1S/C13H15BrF3NO2/c14-10-6-12-11(19-8-20-12)5-9(10)7-18-4-2-1-3-13(15,16)17/h5-6,18H,1-4,7-8H2. The first-order chi connectivity index (χ1) is 9.46. The lowest BCUT2D eigenvalue weighted by Gasteiger charge is -2.09. The van der Waals surface area contributed by atoms with Crippen molar-refractivity contribution in [2.75, 3.05) is 13.3 Å². The molecule has 0 saturated carbocycles. The molecule has 20 heavy (non-hydrogen) atoms. The molecule has 1 aromatic rings. The van der Waals surface area contributed by atoms with Crippen LogP contribution >= 0.6 is 15.9 Å². The van der Waals surface area contributed by atoms with E-state index in [0.29, 0.717) is 31.0 Å². The van der Waals surface area contributed by atoms with E-state index in [9.17, 15) is 13.2 Å². The average Bonchev–Trinajstić information content (AvgIpc) is 2.79. The van der Waals surface area contributed by atoms with Gasteiger partial charge in [-0.25, -0.2) is 0 Å².